The third-order valence-electron chi connectivity index (χ3n) is 3.05. The largest absolute Gasteiger partial charge is 0.387 e. The fourth-order valence-electron chi connectivity index (χ4n) is 2.21. The molecule has 3 nitrogen and oxygen atoms in total. The fraction of sp³-hybridized carbons (Fsp3) is 0.538. The number of nitrogens with zero attached hydrogens (tertiary/aromatic N) is 1. The predicted molar refractivity (Wildman–Crippen MR) is 71.8 cm³/mol. The van der Waals surface area contributed by atoms with Gasteiger partial charge in [0.2, 0.25) is 0 Å². The summed E-state index contributed by atoms with van der Waals surface area (Å²) in [6.07, 6.45) is 0. The van der Waals surface area contributed by atoms with Crippen LogP contribution >= 0.6 is 11.6 Å². The molecule has 0 aromatic heterocycles. The first-order chi connectivity index (χ1) is 7.98. The number of halogens is 1. The van der Waals surface area contributed by atoms with Crippen LogP contribution < -0.4 is 10.2 Å². The molecule has 2 atom stereocenters. The van der Waals surface area contributed by atoms with Crippen molar-refractivity contribution in [1.82, 2.24) is 5.32 Å². The summed E-state index contributed by atoms with van der Waals surface area (Å²) in [5.74, 6) is 0. The van der Waals surface area contributed by atoms with Crippen LogP contribution in [0.4, 0.5) is 5.69 Å². The second-order valence-electron chi connectivity index (χ2n) is 5.11. The zero-order valence-corrected chi connectivity index (χ0v) is 11.0. The van der Waals surface area contributed by atoms with Gasteiger partial charge < -0.3 is 15.3 Å². The SMILES string of the molecule is CC1CN(c2ccccc2Cl)CC(C)(O)CN1. The molecular formula is C13H19ClN2O. The second-order valence-corrected chi connectivity index (χ2v) is 5.52. The average Bonchev–Trinajstić information content (AvgIpc) is 2.38. The highest BCUT2D eigenvalue weighted by Gasteiger charge is 2.29. The minimum Gasteiger partial charge on any atom is -0.387 e. The fourth-order valence-corrected chi connectivity index (χ4v) is 2.47. The van der Waals surface area contributed by atoms with Crippen LogP contribution in [-0.2, 0) is 0 Å². The third-order valence-corrected chi connectivity index (χ3v) is 3.37. The van der Waals surface area contributed by atoms with Gasteiger partial charge in [0.25, 0.3) is 0 Å². The van der Waals surface area contributed by atoms with Crippen molar-refractivity contribution in [3.05, 3.63) is 29.3 Å². The molecule has 0 amide bonds. The van der Waals surface area contributed by atoms with Gasteiger partial charge in [0, 0.05) is 25.7 Å². The van der Waals surface area contributed by atoms with Crippen LogP contribution in [0, 0.1) is 0 Å². The number of hydrogen-bond acceptors (Lipinski definition) is 3. The summed E-state index contributed by atoms with van der Waals surface area (Å²) in [7, 11) is 0. The van der Waals surface area contributed by atoms with E-state index in [1.807, 2.05) is 31.2 Å². The van der Waals surface area contributed by atoms with E-state index in [0.29, 0.717) is 19.1 Å². The first kappa shape index (κ1) is 12.7. The van der Waals surface area contributed by atoms with Crippen LogP contribution in [-0.4, -0.2) is 36.4 Å². The summed E-state index contributed by atoms with van der Waals surface area (Å²) in [5.41, 5.74) is 0.259. The Hall–Kier alpha value is -0.770. The highest BCUT2D eigenvalue weighted by atomic mass is 35.5. The molecule has 1 aromatic carbocycles. The van der Waals surface area contributed by atoms with Gasteiger partial charge in [0.15, 0.2) is 0 Å². The molecule has 1 aromatic rings. The smallest absolute Gasteiger partial charge is 0.0917 e. The van der Waals surface area contributed by atoms with E-state index < -0.39 is 5.60 Å². The quantitative estimate of drug-likeness (QED) is 0.804. The Morgan fingerprint density at radius 1 is 1.47 bits per heavy atom. The number of rotatable bonds is 1. The van der Waals surface area contributed by atoms with E-state index in [4.69, 9.17) is 11.6 Å². The predicted octanol–water partition coefficient (Wildman–Crippen LogP) is 1.89. The summed E-state index contributed by atoms with van der Waals surface area (Å²) >= 11 is 6.21. The molecule has 0 aliphatic carbocycles. The Labute approximate surface area is 107 Å². The summed E-state index contributed by atoms with van der Waals surface area (Å²) in [6.45, 7) is 6.01. The maximum absolute atomic E-state index is 10.2. The van der Waals surface area contributed by atoms with Crippen molar-refractivity contribution in [3.8, 4) is 0 Å². The second kappa shape index (κ2) is 4.84. The van der Waals surface area contributed by atoms with Crippen molar-refractivity contribution < 1.29 is 5.11 Å². The summed E-state index contributed by atoms with van der Waals surface area (Å²) in [4.78, 5) is 2.15. The highest BCUT2D eigenvalue weighted by molar-refractivity contribution is 6.33. The van der Waals surface area contributed by atoms with Gasteiger partial charge in [-0.2, -0.15) is 0 Å². The number of benzene rings is 1. The summed E-state index contributed by atoms with van der Waals surface area (Å²) < 4.78 is 0. The summed E-state index contributed by atoms with van der Waals surface area (Å²) in [5, 5.41) is 14.3. The molecule has 2 unspecified atom stereocenters. The van der Waals surface area contributed by atoms with Gasteiger partial charge in [-0.1, -0.05) is 23.7 Å². The Morgan fingerprint density at radius 2 is 2.18 bits per heavy atom. The highest BCUT2D eigenvalue weighted by Crippen LogP contribution is 2.27. The Balaban J connectivity index is 2.27. The van der Waals surface area contributed by atoms with Gasteiger partial charge in [-0.05, 0) is 26.0 Å². The van der Waals surface area contributed by atoms with Crippen molar-refractivity contribution in [3.63, 3.8) is 0 Å². The molecule has 1 fully saturated rings. The third kappa shape index (κ3) is 3.12. The van der Waals surface area contributed by atoms with Crippen LogP contribution in [0.15, 0.2) is 24.3 Å². The van der Waals surface area contributed by atoms with Gasteiger partial charge in [0.1, 0.15) is 0 Å². The molecule has 94 valence electrons. The molecule has 0 saturated carbocycles. The molecule has 0 bridgehead atoms. The lowest BCUT2D eigenvalue weighted by Gasteiger charge is -2.30. The lowest BCUT2D eigenvalue weighted by Crippen LogP contribution is -2.43. The zero-order valence-electron chi connectivity index (χ0n) is 10.3. The van der Waals surface area contributed by atoms with Gasteiger partial charge in [0.05, 0.1) is 16.3 Å². The van der Waals surface area contributed by atoms with Crippen molar-refractivity contribution in [2.45, 2.75) is 25.5 Å². The molecule has 17 heavy (non-hydrogen) atoms. The summed E-state index contributed by atoms with van der Waals surface area (Å²) in [6, 6.07) is 8.10. The standard InChI is InChI=1S/C13H19ClN2O/c1-10-7-16(9-13(2,17)8-15-10)12-6-4-3-5-11(12)14/h3-6,10,15,17H,7-9H2,1-2H3. The van der Waals surface area contributed by atoms with E-state index in [-0.39, 0.29) is 0 Å². The van der Waals surface area contributed by atoms with E-state index in [9.17, 15) is 5.11 Å². The lowest BCUT2D eigenvalue weighted by molar-refractivity contribution is 0.0718. The van der Waals surface area contributed by atoms with Gasteiger partial charge in [-0.25, -0.2) is 0 Å². The Bertz CT molecular complexity index is 395. The van der Waals surface area contributed by atoms with E-state index >= 15 is 0 Å². The van der Waals surface area contributed by atoms with Crippen LogP contribution in [0.2, 0.25) is 5.02 Å². The number of para-hydroxylation sites is 1. The molecule has 2 N–H and O–H groups in total. The van der Waals surface area contributed by atoms with Crippen molar-refractivity contribution in [2.24, 2.45) is 0 Å². The van der Waals surface area contributed by atoms with E-state index in [1.54, 1.807) is 0 Å². The molecule has 4 heteroatoms. The van der Waals surface area contributed by atoms with E-state index in [0.717, 1.165) is 17.3 Å². The number of β-amino-alcohol motifs (C(OH)–C–C–N with tert-alkyl or cyclic N) is 1. The monoisotopic (exact) mass is 254 g/mol. The van der Waals surface area contributed by atoms with Crippen molar-refractivity contribution >= 4 is 17.3 Å². The maximum Gasteiger partial charge on any atom is 0.0917 e. The maximum atomic E-state index is 10.2. The minimum absolute atomic E-state index is 0.334. The number of nitrogens with one attached hydrogen (secondary N) is 1. The van der Waals surface area contributed by atoms with Crippen molar-refractivity contribution in [1.29, 1.82) is 0 Å². The number of anilines is 1. The number of hydrogen-bond donors (Lipinski definition) is 2. The molecule has 1 heterocycles. The zero-order chi connectivity index (χ0) is 12.5. The van der Waals surface area contributed by atoms with Crippen LogP contribution in [0.3, 0.4) is 0 Å². The van der Waals surface area contributed by atoms with Crippen LogP contribution in [0.1, 0.15) is 13.8 Å². The van der Waals surface area contributed by atoms with Crippen LogP contribution in [0.25, 0.3) is 0 Å². The van der Waals surface area contributed by atoms with E-state index in [1.165, 1.54) is 0 Å². The first-order valence-electron chi connectivity index (χ1n) is 5.93. The topological polar surface area (TPSA) is 35.5 Å². The molecule has 0 spiro atoms. The van der Waals surface area contributed by atoms with Gasteiger partial charge >= 0.3 is 0 Å². The molecule has 0 radical (unpaired) electrons. The number of aliphatic hydroxyl groups is 1. The Kier molecular flexibility index (Phi) is 3.61. The van der Waals surface area contributed by atoms with E-state index in [2.05, 4.69) is 17.1 Å². The van der Waals surface area contributed by atoms with Crippen LogP contribution in [0.5, 0.6) is 0 Å². The van der Waals surface area contributed by atoms with Crippen molar-refractivity contribution in [2.75, 3.05) is 24.5 Å². The lowest BCUT2D eigenvalue weighted by atomic mass is 10.1. The van der Waals surface area contributed by atoms with Gasteiger partial charge in [-0.3, -0.25) is 0 Å². The molecule has 1 aliphatic rings. The van der Waals surface area contributed by atoms with Gasteiger partial charge in [-0.15, -0.1) is 0 Å². The normalized spacial score (nSPS) is 30.1. The first-order valence-corrected chi connectivity index (χ1v) is 6.31. The average molecular weight is 255 g/mol. The minimum atomic E-state index is -0.732. The molecule has 1 saturated heterocycles. The Morgan fingerprint density at radius 3 is 2.88 bits per heavy atom. The molecule has 2 rings (SSSR count). The molecular weight excluding hydrogens is 236 g/mol. The molecule has 1 aliphatic heterocycles.